The summed E-state index contributed by atoms with van der Waals surface area (Å²) < 4.78 is 5.34. The van der Waals surface area contributed by atoms with E-state index in [1.165, 1.54) is 0 Å². The topological polar surface area (TPSA) is 49.5 Å². The molecule has 0 aliphatic carbocycles. The molecular weight excluding hydrogens is 248 g/mol. The van der Waals surface area contributed by atoms with E-state index >= 15 is 0 Å². The van der Waals surface area contributed by atoms with Gasteiger partial charge in [-0.15, -0.1) is 11.3 Å². The van der Waals surface area contributed by atoms with E-state index in [1.807, 2.05) is 23.6 Å². The Morgan fingerprint density at radius 3 is 3.00 bits per heavy atom. The van der Waals surface area contributed by atoms with Crippen LogP contribution in [0.15, 0.2) is 28.1 Å². The maximum Gasteiger partial charge on any atom is 0.177 e. The second kappa shape index (κ2) is 6.68. The Labute approximate surface area is 111 Å². The van der Waals surface area contributed by atoms with Crippen LogP contribution >= 0.6 is 11.3 Å². The molecule has 98 valence electrons. The highest BCUT2D eigenvalue weighted by Crippen LogP contribution is 2.25. The molecule has 2 aromatic rings. The average Bonchev–Trinajstić information content (AvgIpc) is 2.98. The normalized spacial score (nSPS) is 11.3. The number of aliphatic hydroxyl groups excluding tert-OH is 1. The summed E-state index contributed by atoms with van der Waals surface area (Å²) in [5.41, 5.74) is 0.917. The Bertz CT molecular complexity index is 447. The van der Waals surface area contributed by atoms with Gasteiger partial charge in [-0.3, -0.25) is 4.90 Å². The number of hydrogen-bond donors (Lipinski definition) is 1. The highest BCUT2D eigenvalue weighted by molar-refractivity contribution is 7.13. The number of nitrogens with zero attached hydrogens (tertiary/aromatic N) is 2. The number of aliphatic hydroxyl groups is 1. The standard InChI is InChI=1S/C13H18N2O2S/c1-2-5-15(6-7-16)10-11-9-12(17-14-11)13-4-3-8-18-13/h3-4,8-9,16H,2,5-7,10H2,1H3. The van der Waals surface area contributed by atoms with Crippen LogP contribution in [0.4, 0.5) is 0 Å². The smallest absolute Gasteiger partial charge is 0.177 e. The molecule has 0 spiro atoms. The molecule has 1 N–H and O–H groups in total. The summed E-state index contributed by atoms with van der Waals surface area (Å²) in [4.78, 5) is 3.27. The maximum absolute atomic E-state index is 9.01. The molecule has 0 radical (unpaired) electrons. The van der Waals surface area contributed by atoms with Crippen LogP contribution in [0.3, 0.4) is 0 Å². The molecule has 2 aromatic heterocycles. The molecular formula is C13H18N2O2S. The van der Waals surface area contributed by atoms with Crippen LogP contribution in [0.5, 0.6) is 0 Å². The average molecular weight is 266 g/mol. The van der Waals surface area contributed by atoms with Crippen LogP contribution < -0.4 is 0 Å². The molecule has 0 saturated carbocycles. The van der Waals surface area contributed by atoms with Gasteiger partial charge in [0.25, 0.3) is 0 Å². The quantitative estimate of drug-likeness (QED) is 0.837. The van der Waals surface area contributed by atoms with Gasteiger partial charge in [-0.2, -0.15) is 0 Å². The second-order valence-corrected chi connectivity index (χ2v) is 5.11. The van der Waals surface area contributed by atoms with Crippen molar-refractivity contribution in [2.24, 2.45) is 0 Å². The Morgan fingerprint density at radius 2 is 2.33 bits per heavy atom. The monoisotopic (exact) mass is 266 g/mol. The van der Waals surface area contributed by atoms with Crippen molar-refractivity contribution in [3.05, 3.63) is 29.3 Å². The molecule has 2 heterocycles. The summed E-state index contributed by atoms with van der Waals surface area (Å²) in [5.74, 6) is 0.820. The van der Waals surface area contributed by atoms with Crippen LogP contribution in [-0.4, -0.2) is 34.9 Å². The second-order valence-electron chi connectivity index (χ2n) is 4.16. The molecule has 0 bridgehead atoms. The van der Waals surface area contributed by atoms with E-state index in [1.54, 1.807) is 11.3 Å². The summed E-state index contributed by atoms with van der Waals surface area (Å²) in [6, 6.07) is 6.00. The van der Waals surface area contributed by atoms with Gasteiger partial charge in [0.05, 0.1) is 17.2 Å². The fourth-order valence-electron chi connectivity index (χ4n) is 1.88. The fraction of sp³-hybridized carbons (Fsp3) is 0.462. The van der Waals surface area contributed by atoms with E-state index in [2.05, 4.69) is 17.0 Å². The van der Waals surface area contributed by atoms with Crippen LogP contribution in [0.2, 0.25) is 0 Å². The largest absolute Gasteiger partial charge is 0.395 e. The molecule has 4 nitrogen and oxygen atoms in total. The zero-order valence-corrected chi connectivity index (χ0v) is 11.3. The lowest BCUT2D eigenvalue weighted by Gasteiger charge is -2.18. The minimum absolute atomic E-state index is 0.176. The van der Waals surface area contributed by atoms with E-state index in [0.29, 0.717) is 6.54 Å². The van der Waals surface area contributed by atoms with Crippen LogP contribution in [0.1, 0.15) is 19.0 Å². The Morgan fingerprint density at radius 1 is 1.44 bits per heavy atom. The van der Waals surface area contributed by atoms with Crippen molar-refractivity contribution in [1.29, 1.82) is 0 Å². The van der Waals surface area contributed by atoms with Gasteiger partial charge in [-0.1, -0.05) is 18.1 Å². The van der Waals surface area contributed by atoms with Crippen molar-refractivity contribution < 1.29 is 9.63 Å². The number of thiophene rings is 1. The Hall–Kier alpha value is -1.17. The first-order valence-electron chi connectivity index (χ1n) is 6.16. The zero-order chi connectivity index (χ0) is 12.8. The van der Waals surface area contributed by atoms with Crippen LogP contribution in [0.25, 0.3) is 10.6 Å². The number of hydrogen-bond acceptors (Lipinski definition) is 5. The Kier molecular flexibility index (Phi) is 4.92. The first-order valence-corrected chi connectivity index (χ1v) is 7.04. The third-order valence-corrected chi connectivity index (χ3v) is 3.55. The Balaban J connectivity index is 2.01. The van der Waals surface area contributed by atoms with Crippen molar-refractivity contribution in [2.75, 3.05) is 19.7 Å². The molecule has 0 fully saturated rings. The van der Waals surface area contributed by atoms with Gasteiger partial charge in [0, 0.05) is 19.2 Å². The highest BCUT2D eigenvalue weighted by atomic mass is 32.1. The van der Waals surface area contributed by atoms with Crippen molar-refractivity contribution in [3.63, 3.8) is 0 Å². The van der Waals surface area contributed by atoms with Crippen molar-refractivity contribution in [1.82, 2.24) is 10.1 Å². The zero-order valence-electron chi connectivity index (χ0n) is 10.5. The predicted molar refractivity (Wildman–Crippen MR) is 72.5 cm³/mol. The molecule has 5 heteroatoms. The molecule has 2 rings (SSSR count). The van der Waals surface area contributed by atoms with Gasteiger partial charge < -0.3 is 9.63 Å². The maximum atomic E-state index is 9.01. The molecule has 18 heavy (non-hydrogen) atoms. The lowest BCUT2D eigenvalue weighted by atomic mass is 10.3. The van der Waals surface area contributed by atoms with Gasteiger partial charge in [-0.25, -0.2) is 0 Å². The number of aromatic nitrogens is 1. The van der Waals surface area contributed by atoms with Gasteiger partial charge in [-0.05, 0) is 24.4 Å². The van der Waals surface area contributed by atoms with Crippen LogP contribution in [-0.2, 0) is 6.54 Å². The lowest BCUT2D eigenvalue weighted by Crippen LogP contribution is -2.27. The molecule has 0 aliphatic rings. The third kappa shape index (κ3) is 3.41. The van der Waals surface area contributed by atoms with Crippen molar-refractivity contribution in [3.8, 4) is 10.6 Å². The first-order chi connectivity index (χ1) is 8.83. The molecule has 0 aromatic carbocycles. The highest BCUT2D eigenvalue weighted by Gasteiger charge is 2.11. The molecule has 0 amide bonds. The SMILES string of the molecule is CCCN(CCO)Cc1cc(-c2cccs2)on1. The number of rotatable bonds is 7. The van der Waals surface area contributed by atoms with E-state index in [-0.39, 0.29) is 6.61 Å². The van der Waals surface area contributed by atoms with Crippen molar-refractivity contribution in [2.45, 2.75) is 19.9 Å². The third-order valence-electron chi connectivity index (χ3n) is 2.66. The summed E-state index contributed by atoms with van der Waals surface area (Å²) in [6.45, 7) is 4.67. The summed E-state index contributed by atoms with van der Waals surface area (Å²) in [6.07, 6.45) is 1.07. The molecule has 0 aliphatic heterocycles. The summed E-state index contributed by atoms with van der Waals surface area (Å²) in [7, 11) is 0. The fourth-order valence-corrected chi connectivity index (χ4v) is 2.55. The van der Waals surface area contributed by atoms with E-state index in [9.17, 15) is 0 Å². The van der Waals surface area contributed by atoms with Gasteiger partial charge in [0.15, 0.2) is 5.76 Å². The van der Waals surface area contributed by atoms with Crippen molar-refractivity contribution >= 4 is 11.3 Å². The van der Waals surface area contributed by atoms with E-state index in [0.717, 1.165) is 35.8 Å². The summed E-state index contributed by atoms with van der Waals surface area (Å²) >= 11 is 1.64. The summed E-state index contributed by atoms with van der Waals surface area (Å²) in [5, 5.41) is 15.1. The first kappa shape index (κ1) is 13.3. The van der Waals surface area contributed by atoms with E-state index in [4.69, 9.17) is 9.63 Å². The minimum Gasteiger partial charge on any atom is -0.395 e. The predicted octanol–water partition coefficient (Wildman–Crippen LogP) is 2.61. The molecule has 0 saturated heterocycles. The lowest BCUT2D eigenvalue weighted by molar-refractivity contribution is 0.187. The van der Waals surface area contributed by atoms with E-state index < -0.39 is 0 Å². The minimum atomic E-state index is 0.176. The van der Waals surface area contributed by atoms with Gasteiger partial charge >= 0.3 is 0 Å². The molecule has 0 atom stereocenters. The van der Waals surface area contributed by atoms with Gasteiger partial charge in [0.2, 0.25) is 0 Å². The molecule has 0 unspecified atom stereocenters. The van der Waals surface area contributed by atoms with Gasteiger partial charge in [0.1, 0.15) is 0 Å². The van der Waals surface area contributed by atoms with Crippen LogP contribution in [0, 0.1) is 0 Å².